The first-order chi connectivity index (χ1) is 17.0. The number of ether oxygens (including phenoxy) is 1. The van der Waals surface area contributed by atoms with E-state index in [0.29, 0.717) is 27.7 Å². The van der Waals surface area contributed by atoms with Gasteiger partial charge in [0.2, 0.25) is 0 Å². The number of nitrogens with one attached hydrogen (secondary N) is 2. The summed E-state index contributed by atoms with van der Waals surface area (Å²) in [5.74, 6) is 1.16. The molecule has 0 aliphatic heterocycles. The Morgan fingerprint density at radius 1 is 1.14 bits per heavy atom. The summed E-state index contributed by atoms with van der Waals surface area (Å²) in [6.07, 6.45) is 1.71. The summed E-state index contributed by atoms with van der Waals surface area (Å²) in [6.45, 7) is 4.04. The lowest BCUT2D eigenvalue weighted by Gasteiger charge is -2.17. The van der Waals surface area contributed by atoms with Gasteiger partial charge in [-0.2, -0.15) is 4.68 Å². The Kier molecular flexibility index (Phi) is 6.15. The lowest BCUT2D eigenvalue weighted by molar-refractivity contribution is 0.302. The third-order valence-electron chi connectivity index (χ3n) is 5.59. The molecule has 0 aliphatic rings. The van der Waals surface area contributed by atoms with Gasteiger partial charge in [0.05, 0.1) is 28.0 Å². The maximum Gasteiger partial charge on any atom is 0.253 e. The van der Waals surface area contributed by atoms with E-state index in [0.717, 1.165) is 22.5 Å². The summed E-state index contributed by atoms with van der Waals surface area (Å²) in [7, 11) is 0. The van der Waals surface area contributed by atoms with E-state index >= 15 is 0 Å². The summed E-state index contributed by atoms with van der Waals surface area (Å²) in [6, 6.07) is 18.4. The zero-order valence-corrected chi connectivity index (χ0v) is 19.8. The lowest BCUT2D eigenvalue weighted by atomic mass is 10.1. The number of anilines is 1. The maximum absolute atomic E-state index is 12.9. The molecule has 0 saturated heterocycles. The second-order valence-corrected chi connectivity index (χ2v) is 8.49. The van der Waals surface area contributed by atoms with Crippen molar-refractivity contribution in [3.63, 3.8) is 0 Å². The predicted octanol–water partition coefficient (Wildman–Crippen LogP) is 4.61. The Hall–Kier alpha value is -4.24. The van der Waals surface area contributed by atoms with E-state index in [-0.39, 0.29) is 18.2 Å². The van der Waals surface area contributed by atoms with Gasteiger partial charge in [-0.1, -0.05) is 23.7 Å². The molecule has 176 valence electrons. The van der Waals surface area contributed by atoms with Crippen LogP contribution in [0.4, 0.5) is 5.69 Å². The fraction of sp³-hybridized carbons (Fsp3) is 0.160. The molecule has 3 aromatic heterocycles. The van der Waals surface area contributed by atoms with Crippen molar-refractivity contribution in [2.75, 3.05) is 5.32 Å². The fourth-order valence-corrected chi connectivity index (χ4v) is 4.04. The highest BCUT2D eigenvalue weighted by Crippen LogP contribution is 2.30. The first kappa shape index (κ1) is 22.5. The molecule has 1 atom stereocenters. The molecule has 2 N–H and O–H groups in total. The third kappa shape index (κ3) is 4.85. The van der Waals surface area contributed by atoms with Crippen LogP contribution in [0.5, 0.6) is 5.75 Å². The Morgan fingerprint density at radius 3 is 2.80 bits per heavy atom. The van der Waals surface area contributed by atoms with E-state index in [2.05, 4.69) is 30.8 Å². The number of halogens is 1. The number of hydrogen-bond donors (Lipinski definition) is 2. The van der Waals surface area contributed by atoms with Gasteiger partial charge < -0.3 is 15.0 Å². The molecule has 5 aromatic rings. The molecule has 0 spiro atoms. The van der Waals surface area contributed by atoms with Gasteiger partial charge in [-0.25, -0.2) is 0 Å². The summed E-state index contributed by atoms with van der Waals surface area (Å²) in [5.41, 5.74) is 3.47. The number of nitrogens with zero attached hydrogens (tertiary/aromatic N) is 5. The van der Waals surface area contributed by atoms with Crippen LogP contribution < -0.4 is 15.6 Å². The number of benzene rings is 2. The van der Waals surface area contributed by atoms with Gasteiger partial charge in [0, 0.05) is 28.9 Å². The quantitative estimate of drug-likeness (QED) is 0.345. The molecule has 35 heavy (non-hydrogen) atoms. The minimum Gasteiger partial charge on any atom is -0.486 e. The average Bonchev–Trinajstić information content (AvgIpc) is 3.29. The van der Waals surface area contributed by atoms with Crippen molar-refractivity contribution >= 4 is 28.2 Å². The van der Waals surface area contributed by atoms with Gasteiger partial charge in [0.15, 0.2) is 5.82 Å². The first-order valence-electron chi connectivity index (χ1n) is 11.0. The molecule has 5 rings (SSSR count). The normalized spacial score (nSPS) is 12.0. The molecule has 0 amide bonds. The standard InChI is InChI=1S/C25H22ClN7O2/c1-15(28-18-7-5-8-20(12-18)33-16(2)30-31-32-33)21-10-17-11-22(26)24(13-23(17)29-25(21)34)35-14-19-6-3-4-9-27-19/h3-13,15,28H,14H2,1-2H3,(H,29,34)/t15-/m0/s1. The summed E-state index contributed by atoms with van der Waals surface area (Å²) < 4.78 is 7.48. The van der Waals surface area contributed by atoms with E-state index in [1.165, 1.54) is 0 Å². The second kappa shape index (κ2) is 9.55. The molecule has 10 heteroatoms. The average molecular weight is 488 g/mol. The van der Waals surface area contributed by atoms with Crippen LogP contribution in [0.1, 0.15) is 30.0 Å². The minimum atomic E-state index is -0.271. The topological polar surface area (TPSA) is 111 Å². The molecule has 0 aliphatic carbocycles. The molecule has 3 heterocycles. The van der Waals surface area contributed by atoms with E-state index in [1.807, 2.05) is 62.4 Å². The van der Waals surface area contributed by atoms with Crippen molar-refractivity contribution in [2.45, 2.75) is 26.5 Å². The van der Waals surface area contributed by atoms with Gasteiger partial charge in [-0.15, -0.1) is 5.10 Å². The lowest BCUT2D eigenvalue weighted by Crippen LogP contribution is -2.19. The van der Waals surface area contributed by atoms with Gasteiger partial charge in [0.1, 0.15) is 12.4 Å². The minimum absolute atomic E-state index is 0.192. The Balaban J connectivity index is 1.38. The number of H-pyrrole nitrogens is 1. The van der Waals surface area contributed by atoms with Crippen LogP contribution in [0.25, 0.3) is 16.6 Å². The number of pyridine rings is 2. The number of rotatable bonds is 7. The van der Waals surface area contributed by atoms with Crippen molar-refractivity contribution in [3.05, 3.63) is 99.3 Å². The molecule has 0 unspecified atom stereocenters. The van der Waals surface area contributed by atoms with E-state index in [4.69, 9.17) is 16.3 Å². The largest absolute Gasteiger partial charge is 0.486 e. The SMILES string of the molecule is Cc1nnnn1-c1cccc(N[C@@H](C)c2cc3cc(Cl)c(OCc4ccccn4)cc3[nH]c2=O)c1. The van der Waals surface area contributed by atoms with E-state index in [1.54, 1.807) is 23.0 Å². The van der Waals surface area contributed by atoms with Crippen LogP contribution >= 0.6 is 11.6 Å². The highest BCUT2D eigenvalue weighted by Gasteiger charge is 2.14. The molecule has 9 nitrogen and oxygen atoms in total. The second-order valence-electron chi connectivity index (χ2n) is 8.09. The van der Waals surface area contributed by atoms with Gasteiger partial charge in [-0.05, 0) is 66.7 Å². The van der Waals surface area contributed by atoms with Crippen LogP contribution in [0.2, 0.25) is 5.02 Å². The summed E-state index contributed by atoms with van der Waals surface area (Å²) >= 11 is 6.48. The zero-order chi connectivity index (χ0) is 24.4. The van der Waals surface area contributed by atoms with Gasteiger partial charge in [-0.3, -0.25) is 9.78 Å². The van der Waals surface area contributed by atoms with E-state index < -0.39 is 0 Å². The number of hydrogen-bond acceptors (Lipinski definition) is 7. The molecule has 0 radical (unpaired) electrons. The zero-order valence-electron chi connectivity index (χ0n) is 19.1. The van der Waals surface area contributed by atoms with Crippen LogP contribution in [0.3, 0.4) is 0 Å². The van der Waals surface area contributed by atoms with Crippen molar-refractivity contribution in [1.82, 2.24) is 30.2 Å². The highest BCUT2D eigenvalue weighted by molar-refractivity contribution is 6.32. The van der Waals surface area contributed by atoms with Crippen LogP contribution in [-0.4, -0.2) is 30.2 Å². The smallest absolute Gasteiger partial charge is 0.253 e. The molecular formula is C25H22ClN7O2. The van der Waals surface area contributed by atoms with Crippen molar-refractivity contribution in [2.24, 2.45) is 0 Å². The molecule has 2 aromatic carbocycles. The number of tetrazole rings is 1. The fourth-order valence-electron chi connectivity index (χ4n) is 3.82. The number of fused-ring (bicyclic) bond motifs is 1. The Morgan fingerprint density at radius 2 is 2.03 bits per heavy atom. The third-order valence-corrected chi connectivity index (χ3v) is 5.89. The van der Waals surface area contributed by atoms with E-state index in [9.17, 15) is 4.79 Å². The van der Waals surface area contributed by atoms with Gasteiger partial charge in [0.25, 0.3) is 5.56 Å². The summed E-state index contributed by atoms with van der Waals surface area (Å²) in [5, 5.41) is 16.3. The number of aryl methyl sites for hydroxylation is 1. The van der Waals surface area contributed by atoms with Crippen molar-refractivity contribution in [1.29, 1.82) is 0 Å². The molecule has 0 bridgehead atoms. The van der Waals surface area contributed by atoms with Crippen LogP contribution in [0, 0.1) is 6.92 Å². The number of aromatic amines is 1. The highest BCUT2D eigenvalue weighted by atomic mass is 35.5. The molecule has 0 saturated carbocycles. The molecular weight excluding hydrogens is 466 g/mol. The predicted molar refractivity (Wildman–Crippen MR) is 134 cm³/mol. The van der Waals surface area contributed by atoms with Crippen LogP contribution in [0.15, 0.2) is 71.7 Å². The first-order valence-corrected chi connectivity index (χ1v) is 11.4. The molecule has 0 fully saturated rings. The van der Waals surface area contributed by atoms with Crippen molar-refractivity contribution < 1.29 is 4.74 Å². The Labute approximate surface area is 205 Å². The van der Waals surface area contributed by atoms with Crippen molar-refractivity contribution in [3.8, 4) is 11.4 Å². The summed E-state index contributed by atoms with van der Waals surface area (Å²) in [4.78, 5) is 20.1. The van der Waals surface area contributed by atoms with Crippen LogP contribution in [-0.2, 0) is 6.61 Å². The Bertz CT molecular complexity index is 1550. The maximum atomic E-state index is 12.9. The van der Waals surface area contributed by atoms with Gasteiger partial charge >= 0.3 is 0 Å². The number of aromatic nitrogens is 6. The monoisotopic (exact) mass is 487 g/mol.